The van der Waals surface area contributed by atoms with Gasteiger partial charge in [0.2, 0.25) is 10.0 Å². The SMILES string of the molecule is CC(=O)c1ccc(S(=O)(=O)N2CCC[C@@H]3CCCC[C@@H]32)cc1. The fraction of sp³-hybridized carbons (Fsp3) is 0.588. The van der Waals surface area contributed by atoms with Crippen LogP contribution in [0.2, 0.25) is 0 Å². The Hall–Kier alpha value is -1.20. The number of rotatable bonds is 3. The molecule has 2 aliphatic rings. The minimum Gasteiger partial charge on any atom is -0.295 e. The van der Waals surface area contributed by atoms with E-state index in [2.05, 4.69) is 0 Å². The Kier molecular flexibility index (Phi) is 4.37. The summed E-state index contributed by atoms with van der Waals surface area (Å²) in [7, 11) is -3.45. The Morgan fingerprint density at radius 2 is 1.68 bits per heavy atom. The lowest BCUT2D eigenvalue weighted by atomic mass is 9.79. The summed E-state index contributed by atoms with van der Waals surface area (Å²) in [6.45, 7) is 2.11. The molecule has 5 heteroatoms. The first kappa shape index (κ1) is 15.7. The second-order valence-electron chi connectivity index (χ2n) is 6.45. The molecule has 1 aliphatic carbocycles. The van der Waals surface area contributed by atoms with Gasteiger partial charge in [-0.3, -0.25) is 4.79 Å². The summed E-state index contributed by atoms with van der Waals surface area (Å²) in [6.07, 6.45) is 6.58. The monoisotopic (exact) mass is 321 g/mol. The van der Waals surface area contributed by atoms with Crippen molar-refractivity contribution >= 4 is 15.8 Å². The van der Waals surface area contributed by atoms with Crippen molar-refractivity contribution in [3.8, 4) is 0 Å². The van der Waals surface area contributed by atoms with Crippen molar-refractivity contribution in [1.29, 1.82) is 0 Å². The maximum atomic E-state index is 13.0. The zero-order valence-electron chi connectivity index (χ0n) is 13.0. The predicted octanol–water partition coefficient (Wildman–Crippen LogP) is 3.23. The molecular weight excluding hydrogens is 298 g/mol. The van der Waals surface area contributed by atoms with E-state index < -0.39 is 10.0 Å². The fourth-order valence-corrected chi connectivity index (χ4v) is 5.63. The standard InChI is InChI=1S/C17H23NO3S/c1-13(19)14-8-10-16(11-9-14)22(20,21)18-12-4-6-15-5-2-3-7-17(15)18/h8-11,15,17H,2-7,12H2,1H3/t15-,17-/m0/s1. The molecule has 4 nitrogen and oxygen atoms in total. The first-order valence-electron chi connectivity index (χ1n) is 8.13. The Bertz CT molecular complexity index is 649. The summed E-state index contributed by atoms with van der Waals surface area (Å²) in [5.41, 5.74) is 0.549. The Morgan fingerprint density at radius 3 is 2.36 bits per heavy atom. The van der Waals surface area contributed by atoms with Crippen LogP contribution in [0.5, 0.6) is 0 Å². The number of nitrogens with zero attached hydrogens (tertiary/aromatic N) is 1. The second-order valence-corrected chi connectivity index (χ2v) is 8.34. The van der Waals surface area contributed by atoms with Crippen LogP contribution in [0, 0.1) is 5.92 Å². The van der Waals surface area contributed by atoms with Gasteiger partial charge in [0.25, 0.3) is 0 Å². The van der Waals surface area contributed by atoms with Crippen LogP contribution in [0.1, 0.15) is 55.8 Å². The molecule has 22 heavy (non-hydrogen) atoms. The van der Waals surface area contributed by atoms with Crippen LogP contribution in [0.3, 0.4) is 0 Å². The molecule has 0 aromatic heterocycles. The summed E-state index contributed by atoms with van der Waals surface area (Å²) in [4.78, 5) is 11.6. The van der Waals surface area contributed by atoms with E-state index in [0.29, 0.717) is 22.9 Å². The molecule has 2 fully saturated rings. The molecule has 1 saturated carbocycles. The van der Waals surface area contributed by atoms with Crippen LogP contribution < -0.4 is 0 Å². The molecule has 1 heterocycles. The van der Waals surface area contributed by atoms with E-state index >= 15 is 0 Å². The summed E-state index contributed by atoms with van der Waals surface area (Å²) >= 11 is 0. The van der Waals surface area contributed by atoms with E-state index in [-0.39, 0.29) is 11.8 Å². The fourth-order valence-electron chi connectivity index (χ4n) is 3.87. The van der Waals surface area contributed by atoms with Gasteiger partial charge in [-0.25, -0.2) is 8.42 Å². The average molecular weight is 321 g/mol. The molecule has 1 aliphatic heterocycles. The number of ketones is 1. The van der Waals surface area contributed by atoms with Crippen LogP contribution in [-0.4, -0.2) is 31.1 Å². The van der Waals surface area contributed by atoms with Crippen LogP contribution in [0.25, 0.3) is 0 Å². The first-order chi connectivity index (χ1) is 10.5. The normalized spacial score (nSPS) is 26.4. The van der Waals surface area contributed by atoms with Crippen molar-refractivity contribution in [3.63, 3.8) is 0 Å². The van der Waals surface area contributed by atoms with Crippen LogP contribution in [0.4, 0.5) is 0 Å². The first-order valence-corrected chi connectivity index (χ1v) is 9.57. The molecule has 0 bridgehead atoms. The van der Waals surface area contributed by atoms with E-state index in [1.807, 2.05) is 0 Å². The summed E-state index contributed by atoms with van der Waals surface area (Å²) in [5.74, 6) is 0.475. The Labute approximate surface area is 132 Å². The van der Waals surface area contributed by atoms with Gasteiger partial charge in [-0.2, -0.15) is 4.31 Å². The molecule has 1 aromatic carbocycles. The molecular formula is C17H23NO3S. The largest absolute Gasteiger partial charge is 0.295 e. The number of Topliss-reactive ketones (excluding diaryl/α,β-unsaturated/α-hetero) is 1. The highest BCUT2D eigenvalue weighted by Gasteiger charge is 2.39. The van der Waals surface area contributed by atoms with Gasteiger partial charge in [0.15, 0.2) is 5.78 Å². The lowest BCUT2D eigenvalue weighted by Crippen LogP contribution is -2.49. The minimum absolute atomic E-state index is 0.0470. The number of benzene rings is 1. The van der Waals surface area contributed by atoms with Crippen molar-refractivity contribution in [2.24, 2.45) is 5.92 Å². The predicted molar refractivity (Wildman–Crippen MR) is 85.3 cm³/mol. The van der Waals surface area contributed by atoms with Gasteiger partial charge in [0, 0.05) is 18.2 Å². The third kappa shape index (κ3) is 2.84. The quantitative estimate of drug-likeness (QED) is 0.803. The van der Waals surface area contributed by atoms with E-state index in [9.17, 15) is 13.2 Å². The van der Waals surface area contributed by atoms with Gasteiger partial charge >= 0.3 is 0 Å². The molecule has 2 atom stereocenters. The number of piperidine rings is 1. The Morgan fingerprint density at radius 1 is 1.05 bits per heavy atom. The van der Waals surface area contributed by atoms with Crippen molar-refractivity contribution in [1.82, 2.24) is 4.31 Å². The van der Waals surface area contributed by atoms with Gasteiger partial charge < -0.3 is 0 Å². The topological polar surface area (TPSA) is 54.5 Å². The Balaban J connectivity index is 1.89. The molecule has 0 radical (unpaired) electrons. The molecule has 0 amide bonds. The van der Waals surface area contributed by atoms with Crippen molar-refractivity contribution in [3.05, 3.63) is 29.8 Å². The zero-order valence-corrected chi connectivity index (χ0v) is 13.8. The van der Waals surface area contributed by atoms with Crippen molar-refractivity contribution < 1.29 is 13.2 Å². The molecule has 0 spiro atoms. The number of fused-ring (bicyclic) bond motifs is 1. The van der Waals surface area contributed by atoms with Gasteiger partial charge in [-0.05, 0) is 50.7 Å². The number of hydrogen-bond donors (Lipinski definition) is 0. The second kappa shape index (κ2) is 6.13. The number of sulfonamides is 1. The van der Waals surface area contributed by atoms with Crippen molar-refractivity contribution in [2.45, 2.75) is 56.4 Å². The molecule has 0 N–H and O–H groups in total. The molecule has 3 rings (SSSR count). The smallest absolute Gasteiger partial charge is 0.243 e. The average Bonchev–Trinajstić information content (AvgIpc) is 2.54. The molecule has 0 unspecified atom stereocenters. The van der Waals surface area contributed by atoms with E-state index in [1.165, 1.54) is 13.3 Å². The van der Waals surface area contributed by atoms with Crippen LogP contribution in [0.15, 0.2) is 29.2 Å². The molecule has 120 valence electrons. The molecule has 1 aromatic rings. The summed E-state index contributed by atoms with van der Waals surface area (Å²) in [5, 5.41) is 0. The maximum absolute atomic E-state index is 13.0. The summed E-state index contributed by atoms with van der Waals surface area (Å²) in [6, 6.07) is 6.52. The highest BCUT2D eigenvalue weighted by Crippen LogP contribution is 2.38. The number of hydrogen-bond acceptors (Lipinski definition) is 3. The number of carbonyl (C=O) groups excluding carboxylic acids is 1. The van der Waals surface area contributed by atoms with Crippen LogP contribution in [-0.2, 0) is 10.0 Å². The minimum atomic E-state index is -3.45. The lowest BCUT2D eigenvalue weighted by molar-refractivity contribution is 0.101. The highest BCUT2D eigenvalue weighted by atomic mass is 32.2. The molecule has 1 saturated heterocycles. The van der Waals surface area contributed by atoms with E-state index in [0.717, 1.165) is 32.1 Å². The highest BCUT2D eigenvalue weighted by molar-refractivity contribution is 7.89. The lowest BCUT2D eigenvalue weighted by Gasteiger charge is -2.43. The third-order valence-corrected chi connectivity index (χ3v) is 7.00. The van der Waals surface area contributed by atoms with Gasteiger partial charge in [0.1, 0.15) is 0 Å². The van der Waals surface area contributed by atoms with Gasteiger partial charge in [-0.1, -0.05) is 25.0 Å². The zero-order chi connectivity index (χ0) is 15.7. The summed E-state index contributed by atoms with van der Waals surface area (Å²) < 4.78 is 27.7. The van der Waals surface area contributed by atoms with E-state index in [1.54, 1.807) is 28.6 Å². The van der Waals surface area contributed by atoms with E-state index in [4.69, 9.17) is 0 Å². The number of carbonyl (C=O) groups is 1. The van der Waals surface area contributed by atoms with Gasteiger partial charge in [0.05, 0.1) is 4.90 Å². The van der Waals surface area contributed by atoms with Crippen LogP contribution >= 0.6 is 0 Å². The van der Waals surface area contributed by atoms with Crippen molar-refractivity contribution in [2.75, 3.05) is 6.54 Å². The third-order valence-electron chi connectivity index (χ3n) is 5.06. The maximum Gasteiger partial charge on any atom is 0.243 e. The van der Waals surface area contributed by atoms with Gasteiger partial charge in [-0.15, -0.1) is 0 Å².